The lowest BCUT2D eigenvalue weighted by Gasteiger charge is -2.35. The van der Waals surface area contributed by atoms with E-state index in [0.29, 0.717) is 13.2 Å². The van der Waals surface area contributed by atoms with Gasteiger partial charge in [0, 0.05) is 19.6 Å². The third-order valence-electron chi connectivity index (χ3n) is 3.69. The van der Waals surface area contributed by atoms with E-state index in [1.54, 1.807) is 0 Å². The van der Waals surface area contributed by atoms with Gasteiger partial charge in [0.1, 0.15) is 0 Å². The number of hydrogen-bond donors (Lipinski definition) is 0. The van der Waals surface area contributed by atoms with Crippen molar-refractivity contribution in [2.75, 3.05) is 39.3 Å². The van der Waals surface area contributed by atoms with Gasteiger partial charge >= 0.3 is 0 Å². The summed E-state index contributed by atoms with van der Waals surface area (Å²) in [5.74, 6) is 1.01. The van der Waals surface area contributed by atoms with Crippen molar-refractivity contribution in [1.29, 1.82) is 0 Å². The highest BCUT2D eigenvalue weighted by Crippen LogP contribution is 2.15. The molecule has 2 aliphatic rings. The van der Waals surface area contributed by atoms with E-state index in [0.717, 1.165) is 32.1 Å². The number of hydrogen-bond acceptors (Lipinski definition) is 3. The van der Waals surface area contributed by atoms with Crippen LogP contribution in [-0.4, -0.2) is 61.1 Å². The summed E-state index contributed by atoms with van der Waals surface area (Å²) < 4.78 is 5.46. The number of nitrogens with zero attached hydrogens (tertiary/aromatic N) is 2. The summed E-state index contributed by atoms with van der Waals surface area (Å²) in [7, 11) is 0. The maximum Gasteiger partial charge on any atom is 0.236 e. The standard InChI is InChI=1S/C13H24N2O2/c1-11-4-3-5-14(8-11)10-13(16)15-6-7-17-12(2)9-15/h11-12H,3-10H2,1-2H3. The highest BCUT2D eigenvalue weighted by molar-refractivity contribution is 5.78. The number of amides is 1. The largest absolute Gasteiger partial charge is 0.375 e. The molecule has 0 N–H and O–H groups in total. The quantitative estimate of drug-likeness (QED) is 0.721. The van der Waals surface area contributed by atoms with Crippen LogP contribution in [0, 0.1) is 5.92 Å². The molecule has 4 nitrogen and oxygen atoms in total. The first-order chi connectivity index (χ1) is 8.15. The molecule has 2 rings (SSSR count). The van der Waals surface area contributed by atoms with E-state index in [4.69, 9.17) is 4.74 Å². The highest BCUT2D eigenvalue weighted by Gasteiger charge is 2.24. The first-order valence-electron chi connectivity index (χ1n) is 6.77. The van der Waals surface area contributed by atoms with Crippen LogP contribution in [0.4, 0.5) is 0 Å². The van der Waals surface area contributed by atoms with Crippen molar-refractivity contribution < 1.29 is 9.53 Å². The zero-order valence-electron chi connectivity index (χ0n) is 11.0. The van der Waals surface area contributed by atoms with Gasteiger partial charge in [-0.3, -0.25) is 9.69 Å². The maximum atomic E-state index is 12.1. The molecule has 1 amide bonds. The molecule has 0 saturated carbocycles. The molecule has 2 fully saturated rings. The van der Waals surface area contributed by atoms with Crippen LogP contribution in [-0.2, 0) is 9.53 Å². The second-order valence-corrected chi connectivity index (χ2v) is 5.50. The number of rotatable bonds is 2. The molecular weight excluding hydrogens is 216 g/mol. The number of morpholine rings is 1. The number of ether oxygens (including phenoxy) is 1. The molecule has 2 saturated heterocycles. The fourth-order valence-electron chi connectivity index (χ4n) is 2.77. The van der Waals surface area contributed by atoms with Gasteiger partial charge in [-0.05, 0) is 32.2 Å². The van der Waals surface area contributed by atoms with Crippen LogP contribution in [0.3, 0.4) is 0 Å². The Balaban J connectivity index is 1.79. The third kappa shape index (κ3) is 3.68. The van der Waals surface area contributed by atoms with Crippen LogP contribution in [0.2, 0.25) is 0 Å². The summed E-state index contributed by atoms with van der Waals surface area (Å²) in [6.07, 6.45) is 2.72. The number of carbonyl (C=O) groups excluding carboxylic acids is 1. The molecule has 2 aliphatic heterocycles. The van der Waals surface area contributed by atoms with Crippen molar-refractivity contribution in [3.63, 3.8) is 0 Å². The predicted octanol–water partition coefficient (Wildman–Crippen LogP) is 0.966. The van der Waals surface area contributed by atoms with Crippen molar-refractivity contribution in [2.24, 2.45) is 5.92 Å². The topological polar surface area (TPSA) is 32.8 Å². The minimum Gasteiger partial charge on any atom is -0.375 e. The number of piperidine rings is 1. The van der Waals surface area contributed by atoms with Crippen LogP contribution in [0.1, 0.15) is 26.7 Å². The lowest BCUT2D eigenvalue weighted by atomic mass is 10.0. The molecule has 0 bridgehead atoms. The lowest BCUT2D eigenvalue weighted by molar-refractivity contribution is -0.139. The summed E-state index contributed by atoms with van der Waals surface area (Å²) in [6, 6.07) is 0. The molecule has 2 unspecified atom stereocenters. The van der Waals surface area contributed by atoms with Crippen LogP contribution in [0.25, 0.3) is 0 Å². The minimum absolute atomic E-state index is 0.188. The number of likely N-dealkylation sites (tertiary alicyclic amines) is 1. The molecule has 0 aromatic heterocycles. The van der Waals surface area contributed by atoms with E-state index in [9.17, 15) is 4.79 Å². The molecule has 0 aromatic carbocycles. The van der Waals surface area contributed by atoms with E-state index in [-0.39, 0.29) is 12.0 Å². The minimum atomic E-state index is 0.188. The zero-order chi connectivity index (χ0) is 12.3. The smallest absolute Gasteiger partial charge is 0.236 e. The van der Waals surface area contributed by atoms with Crippen molar-refractivity contribution >= 4 is 5.91 Å². The summed E-state index contributed by atoms with van der Waals surface area (Å²) >= 11 is 0. The first-order valence-corrected chi connectivity index (χ1v) is 6.77. The number of carbonyl (C=O) groups is 1. The van der Waals surface area contributed by atoms with E-state index < -0.39 is 0 Å². The lowest BCUT2D eigenvalue weighted by Crippen LogP contribution is -2.49. The Kier molecular flexibility index (Phi) is 4.40. The van der Waals surface area contributed by atoms with E-state index in [2.05, 4.69) is 11.8 Å². The zero-order valence-corrected chi connectivity index (χ0v) is 11.0. The SMILES string of the molecule is CC1CCCN(CC(=O)N2CCOC(C)C2)C1. The van der Waals surface area contributed by atoms with Gasteiger partial charge in [-0.1, -0.05) is 6.92 Å². The Hall–Kier alpha value is -0.610. The third-order valence-corrected chi connectivity index (χ3v) is 3.69. The fraction of sp³-hybridized carbons (Fsp3) is 0.923. The van der Waals surface area contributed by atoms with Gasteiger partial charge in [0.25, 0.3) is 0 Å². The van der Waals surface area contributed by atoms with Gasteiger partial charge in [-0.2, -0.15) is 0 Å². The normalized spacial score (nSPS) is 31.5. The van der Waals surface area contributed by atoms with E-state index in [1.807, 2.05) is 11.8 Å². The Bertz CT molecular complexity index is 270. The average Bonchev–Trinajstić information content (AvgIpc) is 2.29. The van der Waals surface area contributed by atoms with E-state index >= 15 is 0 Å². The second kappa shape index (κ2) is 5.83. The van der Waals surface area contributed by atoms with Gasteiger partial charge in [0.2, 0.25) is 5.91 Å². The van der Waals surface area contributed by atoms with Gasteiger partial charge in [0.05, 0.1) is 19.3 Å². The van der Waals surface area contributed by atoms with Crippen molar-refractivity contribution in [2.45, 2.75) is 32.8 Å². The fourth-order valence-corrected chi connectivity index (χ4v) is 2.77. The van der Waals surface area contributed by atoms with Crippen LogP contribution in [0.15, 0.2) is 0 Å². The van der Waals surface area contributed by atoms with E-state index in [1.165, 1.54) is 12.8 Å². The van der Waals surface area contributed by atoms with Crippen molar-refractivity contribution in [3.8, 4) is 0 Å². The molecule has 98 valence electrons. The monoisotopic (exact) mass is 240 g/mol. The molecule has 0 radical (unpaired) electrons. The molecular formula is C13H24N2O2. The van der Waals surface area contributed by atoms with Crippen LogP contribution in [0.5, 0.6) is 0 Å². The Morgan fingerprint density at radius 1 is 1.29 bits per heavy atom. The van der Waals surface area contributed by atoms with Gasteiger partial charge in [0.15, 0.2) is 0 Å². The highest BCUT2D eigenvalue weighted by atomic mass is 16.5. The molecule has 4 heteroatoms. The average molecular weight is 240 g/mol. The van der Waals surface area contributed by atoms with Crippen LogP contribution < -0.4 is 0 Å². The molecule has 2 atom stereocenters. The molecule has 0 spiro atoms. The maximum absolute atomic E-state index is 12.1. The Morgan fingerprint density at radius 3 is 2.82 bits per heavy atom. The van der Waals surface area contributed by atoms with Crippen molar-refractivity contribution in [3.05, 3.63) is 0 Å². The predicted molar refractivity (Wildman–Crippen MR) is 66.8 cm³/mol. The van der Waals surface area contributed by atoms with Gasteiger partial charge < -0.3 is 9.64 Å². The van der Waals surface area contributed by atoms with Crippen molar-refractivity contribution in [1.82, 2.24) is 9.80 Å². The first kappa shape index (κ1) is 12.8. The second-order valence-electron chi connectivity index (χ2n) is 5.50. The Morgan fingerprint density at radius 2 is 2.12 bits per heavy atom. The van der Waals surface area contributed by atoms with Crippen LogP contribution >= 0.6 is 0 Å². The summed E-state index contributed by atoms with van der Waals surface area (Å²) in [4.78, 5) is 16.4. The summed E-state index contributed by atoms with van der Waals surface area (Å²) in [5.41, 5.74) is 0. The molecule has 17 heavy (non-hydrogen) atoms. The molecule has 0 aliphatic carbocycles. The molecule has 2 heterocycles. The molecule has 0 aromatic rings. The summed E-state index contributed by atoms with van der Waals surface area (Å²) in [5, 5.41) is 0. The van der Waals surface area contributed by atoms with Gasteiger partial charge in [-0.25, -0.2) is 0 Å². The van der Waals surface area contributed by atoms with Gasteiger partial charge in [-0.15, -0.1) is 0 Å². The Labute approximate surface area is 104 Å². The summed E-state index contributed by atoms with van der Waals surface area (Å²) in [6.45, 7) is 9.24.